The van der Waals surface area contributed by atoms with Gasteiger partial charge in [0.1, 0.15) is 0 Å². The molecule has 0 unspecified atom stereocenters. The molecule has 2 aromatic rings. The van der Waals surface area contributed by atoms with Crippen LogP contribution in [0.4, 0.5) is 0 Å². The van der Waals surface area contributed by atoms with Crippen molar-refractivity contribution in [3.8, 4) is 11.5 Å². The molecule has 1 aliphatic heterocycles. The van der Waals surface area contributed by atoms with E-state index >= 15 is 0 Å². The van der Waals surface area contributed by atoms with Gasteiger partial charge >= 0.3 is 0 Å². The van der Waals surface area contributed by atoms with Gasteiger partial charge in [0.25, 0.3) is 0 Å². The fraction of sp³-hybridized carbons (Fsp3) is 0.500. The van der Waals surface area contributed by atoms with Gasteiger partial charge in [-0.1, -0.05) is 49.2 Å². The monoisotopic (exact) mass is 438 g/mol. The number of nitrogens with zero attached hydrogens (tertiary/aromatic N) is 1. The molecule has 2 fully saturated rings. The third-order valence-corrected chi connectivity index (χ3v) is 6.98. The van der Waals surface area contributed by atoms with Crippen molar-refractivity contribution in [2.24, 2.45) is 5.92 Å². The average Bonchev–Trinajstić information content (AvgIpc) is 2.80. The van der Waals surface area contributed by atoms with Crippen molar-refractivity contribution >= 4 is 5.91 Å². The van der Waals surface area contributed by atoms with E-state index < -0.39 is 5.60 Å². The van der Waals surface area contributed by atoms with Gasteiger partial charge in [0.05, 0.1) is 18.8 Å². The zero-order chi connectivity index (χ0) is 22.6. The number of ether oxygens (including phenoxy) is 1. The summed E-state index contributed by atoms with van der Waals surface area (Å²) in [5, 5.41) is 24.7. The molecule has 0 radical (unpaired) electrons. The fourth-order valence-corrected chi connectivity index (χ4v) is 5.39. The first kappa shape index (κ1) is 22.6. The highest BCUT2D eigenvalue weighted by Crippen LogP contribution is 2.50. The number of hydrogen-bond donors (Lipinski definition) is 3. The van der Waals surface area contributed by atoms with E-state index in [1.807, 2.05) is 49.4 Å². The van der Waals surface area contributed by atoms with Crippen LogP contribution in [0.3, 0.4) is 0 Å². The number of carbonyl (C=O) groups excluding carboxylic acids is 1. The summed E-state index contributed by atoms with van der Waals surface area (Å²) in [5.41, 5.74) is 1.34. The fourth-order valence-electron chi connectivity index (χ4n) is 5.39. The first-order valence-electron chi connectivity index (χ1n) is 11.7. The smallest absolute Gasteiger partial charge is 0.234 e. The van der Waals surface area contributed by atoms with E-state index in [2.05, 4.69) is 10.2 Å². The molecular weight excluding hydrogens is 404 g/mol. The lowest BCUT2D eigenvalue weighted by Gasteiger charge is -2.52. The minimum absolute atomic E-state index is 0.0242. The number of nitrogens with one attached hydrogen (secondary N) is 1. The molecule has 2 aliphatic rings. The van der Waals surface area contributed by atoms with Crippen LogP contribution in [-0.4, -0.2) is 46.3 Å². The molecule has 2 aromatic carbocycles. The van der Waals surface area contributed by atoms with Crippen molar-refractivity contribution in [2.45, 2.75) is 57.2 Å². The molecule has 3 atom stereocenters. The molecule has 6 heteroatoms. The quantitative estimate of drug-likeness (QED) is 0.613. The number of amides is 1. The molecule has 1 saturated heterocycles. The Kier molecular flexibility index (Phi) is 7.01. The van der Waals surface area contributed by atoms with Gasteiger partial charge in [0.2, 0.25) is 5.91 Å². The first-order valence-corrected chi connectivity index (χ1v) is 11.7. The minimum atomic E-state index is -0.705. The SMILES string of the molecule is CCOc1cc([C@@H]2[C@@H]3CCCC[C@@]3(O)CCN2CC(=O)NCc2ccccc2)ccc1O. The van der Waals surface area contributed by atoms with Crippen LogP contribution in [0.25, 0.3) is 0 Å². The van der Waals surface area contributed by atoms with E-state index in [1.165, 1.54) is 0 Å². The molecule has 172 valence electrons. The van der Waals surface area contributed by atoms with Crippen LogP contribution in [0.5, 0.6) is 11.5 Å². The zero-order valence-electron chi connectivity index (χ0n) is 18.8. The van der Waals surface area contributed by atoms with Crippen LogP contribution < -0.4 is 10.1 Å². The van der Waals surface area contributed by atoms with Crippen LogP contribution in [0, 0.1) is 5.92 Å². The Balaban J connectivity index is 1.56. The Labute approximate surface area is 190 Å². The maximum absolute atomic E-state index is 12.8. The number of likely N-dealkylation sites (tertiary alicyclic amines) is 1. The van der Waals surface area contributed by atoms with Crippen molar-refractivity contribution in [3.05, 3.63) is 59.7 Å². The molecule has 1 saturated carbocycles. The summed E-state index contributed by atoms with van der Waals surface area (Å²) in [4.78, 5) is 15.0. The highest BCUT2D eigenvalue weighted by atomic mass is 16.5. The van der Waals surface area contributed by atoms with Crippen molar-refractivity contribution in [2.75, 3.05) is 19.7 Å². The first-order chi connectivity index (χ1) is 15.5. The van der Waals surface area contributed by atoms with Gasteiger partial charge in [0, 0.05) is 25.0 Å². The number of fused-ring (bicyclic) bond motifs is 1. The summed E-state index contributed by atoms with van der Waals surface area (Å²) in [5.74, 6) is 0.579. The molecule has 4 rings (SSSR count). The zero-order valence-corrected chi connectivity index (χ0v) is 18.8. The molecule has 32 heavy (non-hydrogen) atoms. The molecule has 0 aromatic heterocycles. The topological polar surface area (TPSA) is 82.0 Å². The number of aromatic hydroxyl groups is 1. The van der Waals surface area contributed by atoms with E-state index in [-0.39, 0.29) is 30.2 Å². The average molecular weight is 439 g/mol. The number of hydrogen-bond acceptors (Lipinski definition) is 5. The normalized spacial score (nSPS) is 25.7. The summed E-state index contributed by atoms with van der Waals surface area (Å²) in [7, 11) is 0. The summed E-state index contributed by atoms with van der Waals surface area (Å²) in [6, 6.07) is 15.2. The lowest BCUT2D eigenvalue weighted by atomic mass is 9.66. The Morgan fingerprint density at radius 2 is 2.00 bits per heavy atom. The Bertz CT molecular complexity index is 919. The van der Waals surface area contributed by atoms with Gasteiger partial charge in [-0.05, 0) is 49.4 Å². The highest BCUT2D eigenvalue weighted by Gasteiger charge is 2.49. The van der Waals surface area contributed by atoms with Crippen LogP contribution >= 0.6 is 0 Å². The van der Waals surface area contributed by atoms with Crippen molar-refractivity contribution < 1.29 is 19.7 Å². The second kappa shape index (κ2) is 9.92. The molecule has 6 nitrogen and oxygen atoms in total. The summed E-state index contributed by atoms with van der Waals surface area (Å²) in [6.07, 6.45) is 4.52. The van der Waals surface area contributed by atoms with Crippen LogP contribution in [0.1, 0.15) is 56.2 Å². The number of benzene rings is 2. The maximum Gasteiger partial charge on any atom is 0.234 e. The van der Waals surface area contributed by atoms with Gasteiger partial charge in [-0.2, -0.15) is 0 Å². The van der Waals surface area contributed by atoms with Gasteiger partial charge in [-0.25, -0.2) is 0 Å². The predicted molar refractivity (Wildman–Crippen MR) is 123 cm³/mol. The predicted octanol–water partition coefficient (Wildman–Crippen LogP) is 3.78. The van der Waals surface area contributed by atoms with E-state index in [1.54, 1.807) is 6.07 Å². The lowest BCUT2D eigenvalue weighted by Crippen LogP contribution is -2.56. The Morgan fingerprint density at radius 1 is 1.19 bits per heavy atom. The number of phenolic OH excluding ortho intramolecular Hbond substituents is 1. The molecule has 0 bridgehead atoms. The number of phenols is 1. The molecular formula is C26H34N2O4. The number of piperidine rings is 1. The summed E-state index contributed by atoms with van der Waals surface area (Å²) in [6.45, 7) is 3.77. The molecule has 0 spiro atoms. The lowest BCUT2D eigenvalue weighted by molar-refractivity contribution is -0.138. The van der Waals surface area contributed by atoms with E-state index in [0.717, 1.165) is 36.8 Å². The molecule has 3 N–H and O–H groups in total. The maximum atomic E-state index is 12.8. The van der Waals surface area contributed by atoms with E-state index in [4.69, 9.17) is 4.74 Å². The second-order valence-electron chi connectivity index (χ2n) is 9.04. The van der Waals surface area contributed by atoms with Crippen molar-refractivity contribution in [3.63, 3.8) is 0 Å². The summed E-state index contributed by atoms with van der Waals surface area (Å²) < 4.78 is 5.62. The van der Waals surface area contributed by atoms with E-state index in [0.29, 0.717) is 31.9 Å². The largest absolute Gasteiger partial charge is 0.504 e. The highest BCUT2D eigenvalue weighted by molar-refractivity contribution is 5.78. The standard InChI is InChI=1S/C26H34N2O4/c1-2-32-23-16-20(11-12-22(23)29)25-21-10-6-7-13-26(21,31)14-15-28(25)18-24(30)27-17-19-8-4-3-5-9-19/h3-5,8-9,11-12,16,21,25,29,31H,2,6-7,10,13-15,17-18H2,1H3,(H,27,30)/t21-,25+,26+/m0/s1. The van der Waals surface area contributed by atoms with Crippen LogP contribution in [0.15, 0.2) is 48.5 Å². The Morgan fingerprint density at radius 3 is 2.78 bits per heavy atom. The summed E-state index contributed by atoms with van der Waals surface area (Å²) >= 11 is 0. The van der Waals surface area contributed by atoms with Crippen molar-refractivity contribution in [1.82, 2.24) is 10.2 Å². The van der Waals surface area contributed by atoms with Gasteiger partial charge in [-0.3, -0.25) is 9.69 Å². The van der Waals surface area contributed by atoms with Gasteiger partial charge in [-0.15, -0.1) is 0 Å². The number of rotatable bonds is 7. The number of carbonyl (C=O) groups is 1. The third-order valence-electron chi connectivity index (χ3n) is 6.98. The van der Waals surface area contributed by atoms with Crippen LogP contribution in [0.2, 0.25) is 0 Å². The molecule has 1 aliphatic carbocycles. The van der Waals surface area contributed by atoms with Crippen molar-refractivity contribution in [1.29, 1.82) is 0 Å². The molecule has 1 heterocycles. The minimum Gasteiger partial charge on any atom is -0.504 e. The Hall–Kier alpha value is -2.57. The van der Waals surface area contributed by atoms with E-state index in [9.17, 15) is 15.0 Å². The second-order valence-corrected chi connectivity index (χ2v) is 9.04. The third kappa shape index (κ3) is 4.92. The van der Waals surface area contributed by atoms with Gasteiger partial charge < -0.3 is 20.3 Å². The number of aliphatic hydroxyl groups is 1. The molecule has 1 amide bonds. The van der Waals surface area contributed by atoms with Crippen LogP contribution in [-0.2, 0) is 11.3 Å². The van der Waals surface area contributed by atoms with Gasteiger partial charge in [0.15, 0.2) is 11.5 Å².